The van der Waals surface area contributed by atoms with Gasteiger partial charge in [0.2, 0.25) is 0 Å². The van der Waals surface area contributed by atoms with E-state index in [2.05, 4.69) is 41.0 Å². The summed E-state index contributed by atoms with van der Waals surface area (Å²) in [6, 6.07) is 8.11. The lowest BCUT2D eigenvalue weighted by atomic mass is 10.2. The highest BCUT2D eigenvalue weighted by molar-refractivity contribution is 14.1. The Bertz CT molecular complexity index is 336. The Hall–Kier alpha value is -0.750. The fourth-order valence-electron chi connectivity index (χ4n) is 0.712. The van der Waals surface area contributed by atoms with Gasteiger partial charge in [-0.25, -0.2) is 0 Å². The molecule has 0 atom stereocenters. The van der Waals surface area contributed by atoms with E-state index >= 15 is 0 Å². The van der Waals surface area contributed by atoms with Gasteiger partial charge in [-0.05, 0) is 59.4 Å². The van der Waals surface area contributed by atoms with Gasteiger partial charge in [0, 0.05) is 9.13 Å². The molecule has 0 unspecified atom stereocenters. The molecule has 0 saturated heterocycles. The third-order valence-corrected chi connectivity index (χ3v) is 1.98. The minimum atomic E-state index is 0.897. The van der Waals surface area contributed by atoms with Gasteiger partial charge in [0.25, 0.3) is 0 Å². The molecule has 12 heavy (non-hydrogen) atoms. The first-order valence-corrected chi connectivity index (χ1v) is 4.69. The fraction of sp³-hybridized carbons (Fsp3) is 0.0909. The number of benzene rings is 1. The van der Waals surface area contributed by atoms with Crippen molar-refractivity contribution in [2.24, 2.45) is 0 Å². The summed E-state index contributed by atoms with van der Waals surface area (Å²) in [7, 11) is 0. The SMILES string of the molecule is C=C(C)C#Cc1ccc(I)cc1. The van der Waals surface area contributed by atoms with Crippen LogP contribution in [0.4, 0.5) is 0 Å². The molecular formula is C11H9I. The first kappa shape index (κ1) is 9.34. The molecular weight excluding hydrogens is 259 g/mol. The highest BCUT2D eigenvalue weighted by Crippen LogP contribution is 2.05. The third kappa shape index (κ3) is 3.10. The van der Waals surface area contributed by atoms with Gasteiger partial charge in [-0.15, -0.1) is 0 Å². The van der Waals surface area contributed by atoms with Crippen molar-refractivity contribution >= 4 is 22.6 Å². The molecule has 0 saturated carbocycles. The minimum absolute atomic E-state index is 0.897. The van der Waals surface area contributed by atoms with Crippen molar-refractivity contribution in [3.63, 3.8) is 0 Å². The summed E-state index contributed by atoms with van der Waals surface area (Å²) in [5.41, 5.74) is 1.94. The number of rotatable bonds is 0. The monoisotopic (exact) mass is 268 g/mol. The average Bonchev–Trinajstić information content (AvgIpc) is 2.03. The quantitative estimate of drug-likeness (QED) is 0.500. The predicted octanol–water partition coefficient (Wildman–Crippen LogP) is 3.22. The number of halogens is 1. The fourth-order valence-corrected chi connectivity index (χ4v) is 1.07. The molecule has 0 heterocycles. The van der Waals surface area contributed by atoms with E-state index in [1.807, 2.05) is 31.2 Å². The van der Waals surface area contributed by atoms with Gasteiger partial charge >= 0.3 is 0 Å². The number of hydrogen-bond donors (Lipinski definition) is 0. The van der Waals surface area contributed by atoms with E-state index in [1.165, 1.54) is 3.57 Å². The Labute approximate surface area is 86.8 Å². The van der Waals surface area contributed by atoms with Gasteiger partial charge in [-0.3, -0.25) is 0 Å². The summed E-state index contributed by atoms with van der Waals surface area (Å²) in [5.74, 6) is 5.95. The maximum Gasteiger partial charge on any atom is 0.0249 e. The molecule has 0 aromatic heterocycles. The largest absolute Gasteiger partial charge is 0.0877 e. The van der Waals surface area contributed by atoms with Gasteiger partial charge in [-0.1, -0.05) is 18.4 Å². The maximum absolute atomic E-state index is 3.71. The second-order valence-electron chi connectivity index (χ2n) is 2.54. The lowest BCUT2D eigenvalue weighted by molar-refractivity contribution is 1.58. The molecule has 0 bridgehead atoms. The van der Waals surface area contributed by atoms with Gasteiger partial charge in [0.05, 0.1) is 0 Å². The van der Waals surface area contributed by atoms with Crippen LogP contribution in [0.25, 0.3) is 0 Å². The summed E-state index contributed by atoms with van der Waals surface area (Å²) in [6.45, 7) is 5.62. The second-order valence-corrected chi connectivity index (χ2v) is 3.78. The molecule has 0 radical (unpaired) electrons. The lowest BCUT2D eigenvalue weighted by Crippen LogP contribution is -1.74. The van der Waals surface area contributed by atoms with E-state index in [0.29, 0.717) is 0 Å². The van der Waals surface area contributed by atoms with Crippen molar-refractivity contribution in [2.45, 2.75) is 6.92 Å². The Balaban J connectivity index is 2.86. The zero-order chi connectivity index (χ0) is 8.97. The highest BCUT2D eigenvalue weighted by Gasteiger charge is 1.85. The molecule has 0 amide bonds. The molecule has 1 rings (SSSR count). The number of allylic oxidation sites excluding steroid dienone is 1. The molecule has 0 fully saturated rings. The van der Waals surface area contributed by atoms with Crippen LogP contribution in [-0.4, -0.2) is 0 Å². The molecule has 1 heteroatoms. The minimum Gasteiger partial charge on any atom is -0.0877 e. The molecule has 0 N–H and O–H groups in total. The normalized spacial score (nSPS) is 8.50. The van der Waals surface area contributed by atoms with Gasteiger partial charge in [-0.2, -0.15) is 0 Å². The standard InChI is InChI=1S/C11H9I/c1-9(2)3-4-10-5-7-11(12)8-6-10/h5-8H,1H2,2H3. The molecule has 60 valence electrons. The van der Waals surface area contributed by atoms with Crippen LogP contribution in [-0.2, 0) is 0 Å². The van der Waals surface area contributed by atoms with Gasteiger partial charge in [0.15, 0.2) is 0 Å². The smallest absolute Gasteiger partial charge is 0.0249 e. The molecule has 0 spiro atoms. The Morgan fingerprint density at radius 1 is 1.33 bits per heavy atom. The summed E-state index contributed by atoms with van der Waals surface area (Å²) in [5, 5.41) is 0. The van der Waals surface area contributed by atoms with Gasteiger partial charge in [0.1, 0.15) is 0 Å². The van der Waals surface area contributed by atoms with Crippen molar-refractivity contribution in [1.82, 2.24) is 0 Å². The zero-order valence-corrected chi connectivity index (χ0v) is 9.05. The zero-order valence-electron chi connectivity index (χ0n) is 6.89. The topological polar surface area (TPSA) is 0 Å². The van der Waals surface area contributed by atoms with Crippen LogP contribution in [0.1, 0.15) is 12.5 Å². The molecule has 0 aliphatic carbocycles. The van der Waals surface area contributed by atoms with Crippen LogP contribution >= 0.6 is 22.6 Å². The molecule has 0 aliphatic heterocycles. The van der Waals surface area contributed by atoms with E-state index in [0.717, 1.165) is 11.1 Å². The molecule has 0 aliphatic rings. The Morgan fingerprint density at radius 2 is 1.92 bits per heavy atom. The highest BCUT2D eigenvalue weighted by atomic mass is 127. The van der Waals surface area contributed by atoms with Crippen molar-refractivity contribution in [1.29, 1.82) is 0 Å². The maximum atomic E-state index is 3.71. The summed E-state index contributed by atoms with van der Waals surface area (Å²) < 4.78 is 1.23. The summed E-state index contributed by atoms with van der Waals surface area (Å²) >= 11 is 2.27. The van der Waals surface area contributed by atoms with Crippen LogP contribution in [0.3, 0.4) is 0 Å². The lowest BCUT2D eigenvalue weighted by Gasteiger charge is -1.89. The van der Waals surface area contributed by atoms with E-state index in [4.69, 9.17) is 0 Å². The third-order valence-electron chi connectivity index (χ3n) is 1.26. The van der Waals surface area contributed by atoms with E-state index in [-0.39, 0.29) is 0 Å². The van der Waals surface area contributed by atoms with Crippen LogP contribution in [0.15, 0.2) is 36.4 Å². The first-order chi connectivity index (χ1) is 5.68. The van der Waals surface area contributed by atoms with Crippen molar-refractivity contribution < 1.29 is 0 Å². The summed E-state index contributed by atoms with van der Waals surface area (Å²) in [4.78, 5) is 0. The first-order valence-electron chi connectivity index (χ1n) is 3.61. The Morgan fingerprint density at radius 3 is 2.42 bits per heavy atom. The summed E-state index contributed by atoms with van der Waals surface area (Å²) in [6.07, 6.45) is 0. The number of hydrogen-bond acceptors (Lipinski definition) is 0. The van der Waals surface area contributed by atoms with Crippen molar-refractivity contribution in [2.75, 3.05) is 0 Å². The second kappa shape index (κ2) is 4.32. The van der Waals surface area contributed by atoms with Crippen molar-refractivity contribution in [3.05, 3.63) is 45.6 Å². The van der Waals surface area contributed by atoms with Crippen LogP contribution in [0.2, 0.25) is 0 Å². The van der Waals surface area contributed by atoms with Crippen LogP contribution in [0, 0.1) is 15.4 Å². The van der Waals surface area contributed by atoms with Crippen molar-refractivity contribution in [3.8, 4) is 11.8 Å². The molecule has 0 nitrogen and oxygen atoms in total. The van der Waals surface area contributed by atoms with E-state index < -0.39 is 0 Å². The Kier molecular flexibility index (Phi) is 3.36. The van der Waals surface area contributed by atoms with Crippen LogP contribution < -0.4 is 0 Å². The van der Waals surface area contributed by atoms with Gasteiger partial charge < -0.3 is 0 Å². The average molecular weight is 268 g/mol. The van der Waals surface area contributed by atoms with Crippen LogP contribution in [0.5, 0.6) is 0 Å². The molecule has 1 aromatic rings. The van der Waals surface area contributed by atoms with E-state index in [9.17, 15) is 0 Å². The van der Waals surface area contributed by atoms with E-state index in [1.54, 1.807) is 0 Å². The molecule has 1 aromatic carbocycles. The predicted molar refractivity (Wildman–Crippen MR) is 60.9 cm³/mol.